The van der Waals surface area contributed by atoms with Crippen LogP contribution in [0, 0.1) is 0 Å². The third-order valence-electron chi connectivity index (χ3n) is 4.74. The Balaban J connectivity index is 1.84. The third kappa shape index (κ3) is 3.09. The predicted octanol–water partition coefficient (Wildman–Crippen LogP) is 3.92. The van der Waals surface area contributed by atoms with Gasteiger partial charge >= 0.3 is 0 Å². The minimum absolute atomic E-state index is 0.172. The molecule has 0 aromatic heterocycles. The van der Waals surface area contributed by atoms with Crippen LogP contribution in [-0.2, 0) is 16.6 Å². The number of nitrogen functional groups attached to an aromatic ring is 1. The van der Waals surface area contributed by atoms with E-state index in [1.165, 1.54) is 5.56 Å². The summed E-state index contributed by atoms with van der Waals surface area (Å²) in [5.74, 6) is 0.172. The van der Waals surface area contributed by atoms with E-state index in [0.29, 0.717) is 6.42 Å². The van der Waals surface area contributed by atoms with Gasteiger partial charge in [-0.3, -0.25) is 4.79 Å². The molecule has 0 atom stereocenters. The topological polar surface area (TPSA) is 46.3 Å². The summed E-state index contributed by atoms with van der Waals surface area (Å²) in [7, 11) is 0. The molecule has 0 unspecified atom stereocenters. The lowest BCUT2D eigenvalue weighted by molar-refractivity contribution is -0.119. The fourth-order valence-electron chi connectivity index (χ4n) is 3.38. The minimum atomic E-state index is -0.184. The molecule has 0 saturated carbocycles. The van der Waals surface area contributed by atoms with Gasteiger partial charge in [-0.05, 0) is 41.5 Å². The molecular weight excluding hydrogens is 284 g/mol. The van der Waals surface area contributed by atoms with Gasteiger partial charge in [-0.1, -0.05) is 50.2 Å². The maximum atomic E-state index is 12.9. The monoisotopic (exact) mass is 308 g/mol. The molecule has 1 amide bonds. The molecular formula is C20H24N2O. The van der Waals surface area contributed by atoms with Gasteiger partial charge in [0.15, 0.2) is 0 Å². The maximum absolute atomic E-state index is 12.9. The van der Waals surface area contributed by atoms with Gasteiger partial charge < -0.3 is 10.6 Å². The molecule has 2 aromatic carbocycles. The quantitative estimate of drug-likeness (QED) is 0.874. The molecule has 0 spiro atoms. The zero-order valence-corrected chi connectivity index (χ0v) is 13.9. The Kier molecular flexibility index (Phi) is 4.12. The van der Waals surface area contributed by atoms with Gasteiger partial charge in [0.1, 0.15) is 0 Å². The Hall–Kier alpha value is -2.29. The van der Waals surface area contributed by atoms with E-state index in [4.69, 9.17) is 5.73 Å². The average molecular weight is 308 g/mol. The molecule has 3 rings (SSSR count). The highest BCUT2D eigenvalue weighted by Gasteiger charge is 2.30. The molecule has 3 heteroatoms. The van der Waals surface area contributed by atoms with Crippen LogP contribution in [0.3, 0.4) is 0 Å². The molecule has 1 aliphatic rings. The molecule has 1 heterocycles. The van der Waals surface area contributed by atoms with Crippen LogP contribution in [0.2, 0.25) is 0 Å². The average Bonchev–Trinajstić information content (AvgIpc) is 2.55. The van der Waals surface area contributed by atoms with Crippen molar-refractivity contribution in [3.8, 4) is 0 Å². The highest BCUT2D eigenvalue weighted by atomic mass is 16.2. The summed E-state index contributed by atoms with van der Waals surface area (Å²) in [6, 6.07) is 16.1. The van der Waals surface area contributed by atoms with Crippen molar-refractivity contribution in [2.24, 2.45) is 0 Å². The van der Waals surface area contributed by atoms with Gasteiger partial charge in [0.05, 0.1) is 0 Å². The van der Waals surface area contributed by atoms with Gasteiger partial charge in [-0.15, -0.1) is 0 Å². The van der Waals surface area contributed by atoms with Crippen molar-refractivity contribution < 1.29 is 4.79 Å². The number of amides is 1. The van der Waals surface area contributed by atoms with E-state index in [9.17, 15) is 4.79 Å². The van der Waals surface area contributed by atoms with E-state index >= 15 is 0 Å². The molecule has 120 valence electrons. The van der Waals surface area contributed by atoms with Crippen LogP contribution in [0.15, 0.2) is 48.5 Å². The van der Waals surface area contributed by atoms with E-state index < -0.39 is 0 Å². The highest BCUT2D eigenvalue weighted by molar-refractivity contribution is 5.96. The highest BCUT2D eigenvalue weighted by Crippen LogP contribution is 2.34. The first-order valence-corrected chi connectivity index (χ1v) is 8.22. The summed E-state index contributed by atoms with van der Waals surface area (Å²) in [5.41, 5.74) is 9.99. The first-order chi connectivity index (χ1) is 11.0. The largest absolute Gasteiger partial charge is 0.398 e. The van der Waals surface area contributed by atoms with Gasteiger partial charge in [-0.2, -0.15) is 0 Å². The number of carbonyl (C=O) groups is 1. The van der Waals surface area contributed by atoms with Gasteiger partial charge in [0.2, 0.25) is 5.91 Å². The summed E-state index contributed by atoms with van der Waals surface area (Å²) in [4.78, 5) is 14.9. The van der Waals surface area contributed by atoms with E-state index in [1.807, 2.05) is 41.3 Å². The van der Waals surface area contributed by atoms with Crippen LogP contribution in [-0.4, -0.2) is 12.5 Å². The second-order valence-corrected chi connectivity index (χ2v) is 6.92. The zero-order chi connectivity index (χ0) is 16.4. The van der Waals surface area contributed by atoms with Crippen molar-refractivity contribution >= 4 is 17.3 Å². The molecule has 2 aromatic rings. The van der Waals surface area contributed by atoms with E-state index in [1.54, 1.807) is 0 Å². The third-order valence-corrected chi connectivity index (χ3v) is 4.74. The summed E-state index contributed by atoms with van der Waals surface area (Å²) in [6.45, 7) is 5.04. The number of anilines is 2. The summed E-state index contributed by atoms with van der Waals surface area (Å²) in [5, 5.41) is 0. The number of hydrogen-bond donors (Lipinski definition) is 1. The number of hydrogen-bond acceptors (Lipinski definition) is 2. The van der Waals surface area contributed by atoms with Crippen molar-refractivity contribution in [2.75, 3.05) is 17.2 Å². The number of nitrogens with two attached hydrogens (primary N) is 1. The smallest absolute Gasteiger partial charge is 0.227 e. The minimum Gasteiger partial charge on any atom is -0.398 e. The van der Waals surface area contributed by atoms with Crippen molar-refractivity contribution in [1.29, 1.82) is 0 Å². The Morgan fingerprint density at radius 3 is 2.61 bits per heavy atom. The van der Waals surface area contributed by atoms with Crippen LogP contribution in [0.4, 0.5) is 11.4 Å². The lowest BCUT2D eigenvalue weighted by Gasteiger charge is -2.33. The number of nitrogens with zero attached hydrogens (tertiary/aromatic N) is 1. The number of rotatable bonds is 3. The molecule has 0 aliphatic carbocycles. The Morgan fingerprint density at radius 1 is 1.13 bits per heavy atom. The lowest BCUT2D eigenvalue weighted by Crippen LogP contribution is -2.39. The number of benzene rings is 2. The zero-order valence-electron chi connectivity index (χ0n) is 13.9. The second kappa shape index (κ2) is 6.07. The Labute approximate surface area is 138 Å². The molecule has 0 fully saturated rings. The van der Waals surface area contributed by atoms with E-state index in [0.717, 1.165) is 36.3 Å². The summed E-state index contributed by atoms with van der Waals surface area (Å²) < 4.78 is 0. The van der Waals surface area contributed by atoms with Crippen LogP contribution < -0.4 is 10.6 Å². The van der Waals surface area contributed by atoms with Crippen molar-refractivity contribution in [3.05, 3.63) is 59.7 Å². The van der Waals surface area contributed by atoms with E-state index in [-0.39, 0.29) is 11.3 Å². The lowest BCUT2D eigenvalue weighted by atomic mass is 9.81. The fourth-order valence-corrected chi connectivity index (χ4v) is 3.38. The predicted molar refractivity (Wildman–Crippen MR) is 95.6 cm³/mol. The summed E-state index contributed by atoms with van der Waals surface area (Å²) in [6.07, 6.45) is 2.41. The number of carbonyl (C=O) groups excluding carboxylic acids is 1. The van der Waals surface area contributed by atoms with Crippen molar-refractivity contribution in [3.63, 3.8) is 0 Å². The molecule has 1 aliphatic heterocycles. The standard InChI is InChI=1S/C20H24N2O/c1-20(2,15-8-4-3-5-9-15)14-19(23)22-13-7-10-16-17(21)11-6-12-18(16)22/h3-6,8-9,11-12H,7,10,13-14,21H2,1-2H3. The number of fused-ring (bicyclic) bond motifs is 1. The fraction of sp³-hybridized carbons (Fsp3) is 0.350. The van der Waals surface area contributed by atoms with Crippen molar-refractivity contribution in [1.82, 2.24) is 0 Å². The first kappa shape index (κ1) is 15.6. The van der Waals surface area contributed by atoms with Crippen LogP contribution in [0.25, 0.3) is 0 Å². The molecule has 0 radical (unpaired) electrons. The maximum Gasteiger partial charge on any atom is 0.227 e. The molecule has 0 saturated heterocycles. The van der Waals surface area contributed by atoms with Crippen LogP contribution >= 0.6 is 0 Å². The second-order valence-electron chi connectivity index (χ2n) is 6.92. The summed E-state index contributed by atoms with van der Waals surface area (Å²) >= 11 is 0. The van der Waals surface area contributed by atoms with Gasteiger partial charge in [-0.25, -0.2) is 0 Å². The molecule has 3 nitrogen and oxygen atoms in total. The molecule has 23 heavy (non-hydrogen) atoms. The van der Waals surface area contributed by atoms with Crippen LogP contribution in [0.1, 0.15) is 37.8 Å². The molecule has 0 bridgehead atoms. The Morgan fingerprint density at radius 2 is 1.87 bits per heavy atom. The SMILES string of the molecule is CC(C)(CC(=O)N1CCCc2c(N)cccc21)c1ccccc1. The van der Waals surface area contributed by atoms with Crippen molar-refractivity contribution in [2.45, 2.75) is 38.5 Å². The normalized spacial score (nSPS) is 14.4. The van der Waals surface area contributed by atoms with Crippen LogP contribution in [0.5, 0.6) is 0 Å². The first-order valence-electron chi connectivity index (χ1n) is 8.22. The molecule has 2 N–H and O–H groups in total. The van der Waals surface area contributed by atoms with E-state index in [2.05, 4.69) is 26.0 Å². The van der Waals surface area contributed by atoms with Gasteiger partial charge in [0, 0.05) is 24.3 Å². The Bertz CT molecular complexity index is 707. The van der Waals surface area contributed by atoms with Gasteiger partial charge in [0.25, 0.3) is 0 Å².